The minimum Gasteiger partial charge on any atom is -0.464 e. The van der Waals surface area contributed by atoms with Gasteiger partial charge in [-0.25, -0.2) is 9.59 Å². The zero-order valence-electron chi connectivity index (χ0n) is 13.8. The first-order chi connectivity index (χ1) is 10.2. The standard InChI is InChI=1S/C15H25N3O4/c1-10(17-14(20)22-15(2,3)4)8-16-9-11-6-7-12(18-11)13(19)21-5/h6-7,10,16,18H,8-9H2,1-5H3,(H,17,20). The van der Waals surface area contributed by atoms with Crippen LogP contribution in [-0.4, -0.2) is 42.3 Å². The van der Waals surface area contributed by atoms with Crippen molar-refractivity contribution in [1.82, 2.24) is 15.6 Å². The van der Waals surface area contributed by atoms with Crippen LogP contribution >= 0.6 is 0 Å². The van der Waals surface area contributed by atoms with E-state index in [1.54, 1.807) is 6.07 Å². The Labute approximate surface area is 130 Å². The average Bonchev–Trinajstić information content (AvgIpc) is 2.84. The van der Waals surface area contributed by atoms with E-state index in [1.807, 2.05) is 33.8 Å². The third kappa shape index (κ3) is 6.62. The molecule has 124 valence electrons. The Kier molecular flexibility index (Phi) is 6.42. The monoisotopic (exact) mass is 311 g/mol. The van der Waals surface area contributed by atoms with Crippen molar-refractivity contribution in [2.75, 3.05) is 13.7 Å². The van der Waals surface area contributed by atoms with E-state index in [4.69, 9.17) is 4.74 Å². The molecule has 0 bridgehead atoms. The summed E-state index contributed by atoms with van der Waals surface area (Å²) >= 11 is 0. The van der Waals surface area contributed by atoms with Crippen LogP contribution in [0.25, 0.3) is 0 Å². The number of hydrogen-bond acceptors (Lipinski definition) is 5. The van der Waals surface area contributed by atoms with Crippen LogP contribution in [0, 0.1) is 0 Å². The van der Waals surface area contributed by atoms with Crippen molar-refractivity contribution in [2.45, 2.75) is 45.9 Å². The number of alkyl carbamates (subject to hydrolysis) is 1. The summed E-state index contributed by atoms with van der Waals surface area (Å²) in [5, 5.41) is 5.93. The number of ether oxygens (including phenoxy) is 2. The van der Waals surface area contributed by atoms with Crippen molar-refractivity contribution in [3.05, 3.63) is 23.5 Å². The third-order valence-electron chi connectivity index (χ3n) is 2.68. The largest absolute Gasteiger partial charge is 0.464 e. The van der Waals surface area contributed by atoms with Crippen molar-refractivity contribution in [3.63, 3.8) is 0 Å². The van der Waals surface area contributed by atoms with Crippen LogP contribution in [0.4, 0.5) is 4.79 Å². The molecule has 0 aliphatic rings. The smallest absolute Gasteiger partial charge is 0.407 e. The molecular weight excluding hydrogens is 286 g/mol. The van der Waals surface area contributed by atoms with E-state index < -0.39 is 17.7 Å². The topological polar surface area (TPSA) is 92.5 Å². The van der Waals surface area contributed by atoms with Crippen molar-refractivity contribution in [3.8, 4) is 0 Å². The molecule has 0 saturated heterocycles. The normalized spacial score (nSPS) is 12.6. The number of carbonyl (C=O) groups excluding carboxylic acids is 2. The Morgan fingerprint density at radius 1 is 1.32 bits per heavy atom. The minimum atomic E-state index is -0.508. The summed E-state index contributed by atoms with van der Waals surface area (Å²) in [5.41, 5.74) is 0.773. The number of aromatic nitrogens is 1. The second-order valence-corrected chi connectivity index (χ2v) is 6.07. The van der Waals surface area contributed by atoms with Crippen molar-refractivity contribution < 1.29 is 19.1 Å². The van der Waals surface area contributed by atoms with E-state index >= 15 is 0 Å². The number of methoxy groups -OCH3 is 1. The number of rotatable bonds is 6. The van der Waals surface area contributed by atoms with Crippen LogP contribution < -0.4 is 10.6 Å². The Balaban J connectivity index is 2.30. The zero-order valence-corrected chi connectivity index (χ0v) is 13.8. The molecule has 7 nitrogen and oxygen atoms in total. The van der Waals surface area contributed by atoms with Gasteiger partial charge in [-0.15, -0.1) is 0 Å². The lowest BCUT2D eigenvalue weighted by atomic mass is 10.2. The maximum atomic E-state index is 11.6. The van der Waals surface area contributed by atoms with Gasteiger partial charge >= 0.3 is 12.1 Å². The molecule has 22 heavy (non-hydrogen) atoms. The van der Waals surface area contributed by atoms with Gasteiger partial charge in [-0.1, -0.05) is 0 Å². The highest BCUT2D eigenvalue weighted by atomic mass is 16.6. The lowest BCUT2D eigenvalue weighted by Crippen LogP contribution is -2.42. The first-order valence-electron chi connectivity index (χ1n) is 7.17. The molecule has 1 unspecified atom stereocenters. The molecule has 1 aromatic rings. The molecule has 0 radical (unpaired) electrons. The molecule has 1 amide bonds. The van der Waals surface area contributed by atoms with Gasteiger partial charge in [0.15, 0.2) is 0 Å². The van der Waals surface area contributed by atoms with Gasteiger partial charge in [0.05, 0.1) is 7.11 Å². The van der Waals surface area contributed by atoms with E-state index in [0.717, 1.165) is 5.69 Å². The van der Waals surface area contributed by atoms with Crippen LogP contribution in [0.1, 0.15) is 43.9 Å². The predicted molar refractivity (Wildman–Crippen MR) is 82.7 cm³/mol. The third-order valence-corrected chi connectivity index (χ3v) is 2.68. The zero-order chi connectivity index (χ0) is 16.8. The van der Waals surface area contributed by atoms with E-state index in [-0.39, 0.29) is 6.04 Å². The van der Waals surface area contributed by atoms with E-state index in [0.29, 0.717) is 18.8 Å². The van der Waals surface area contributed by atoms with E-state index in [9.17, 15) is 9.59 Å². The van der Waals surface area contributed by atoms with Crippen LogP contribution in [0.5, 0.6) is 0 Å². The Hall–Kier alpha value is -2.02. The second kappa shape index (κ2) is 7.84. The lowest BCUT2D eigenvalue weighted by molar-refractivity contribution is 0.0507. The van der Waals surface area contributed by atoms with Gasteiger partial charge in [-0.05, 0) is 39.8 Å². The second-order valence-electron chi connectivity index (χ2n) is 6.07. The highest BCUT2D eigenvalue weighted by Gasteiger charge is 2.17. The quantitative estimate of drug-likeness (QED) is 0.697. The molecule has 1 heterocycles. The fraction of sp³-hybridized carbons (Fsp3) is 0.600. The molecule has 1 rings (SSSR count). The number of carbonyl (C=O) groups is 2. The molecule has 0 saturated carbocycles. The summed E-state index contributed by atoms with van der Waals surface area (Å²) in [4.78, 5) is 25.9. The van der Waals surface area contributed by atoms with Crippen molar-refractivity contribution >= 4 is 12.1 Å². The number of esters is 1. The summed E-state index contributed by atoms with van der Waals surface area (Å²) in [6.45, 7) is 8.47. The molecule has 0 aromatic carbocycles. The van der Waals surface area contributed by atoms with Gasteiger partial charge in [0.2, 0.25) is 0 Å². The van der Waals surface area contributed by atoms with Crippen LogP contribution in [0.15, 0.2) is 12.1 Å². The highest BCUT2D eigenvalue weighted by molar-refractivity contribution is 5.87. The van der Waals surface area contributed by atoms with Crippen LogP contribution in [0.2, 0.25) is 0 Å². The molecule has 0 fully saturated rings. The molecule has 3 N–H and O–H groups in total. The van der Waals surface area contributed by atoms with Crippen molar-refractivity contribution in [1.29, 1.82) is 0 Å². The lowest BCUT2D eigenvalue weighted by Gasteiger charge is -2.22. The highest BCUT2D eigenvalue weighted by Crippen LogP contribution is 2.06. The SMILES string of the molecule is COC(=O)c1ccc(CNCC(C)NC(=O)OC(C)(C)C)[nH]1. The van der Waals surface area contributed by atoms with Crippen molar-refractivity contribution in [2.24, 2.45) is 0 Å². The van der Waals surface area contributed by atoms with Gasteiger partial charge in [0.1, 0.15) is 11.3 Å². The molecule has 0 spiro atoms. The number of nitrogens with one attached hydrogen (secondary N) is 3. The van der Waals surface area contributed by atoms with E-state index in [1.165, 1.54) is 7.11 Å². The Bertz CT molecular complexity index is 505. The van der Waals surface area contributed by atoms with Gasteiger partial charge in [0.25, 0.3) is 0 Å². The first kappa shape index (κ1) is 18.0. The van der Waals surface area contributed by atoms with E-state index in [2.05, 4.69) is 20.4 Å². The van der Waals surface area contributed by atoms with Gasteiger partial charge in [-0.2, -0.15) is 0 Å². The first-order valence-corrected chi connectivity index (χ1v) is 7.17. The maximum Gasteiger partial charge on any atom is 0.407 e. The van der Waals surface area contributed by atoms with Gasteiger partial charge in [-0.3, -0.25) is 0 Å². The molecule has 7 heteroatoms. The average molecular weight is 311 g/mol. The summed E-state index contributed by atoms with van der Waals surface area (Å²) < 4.78 is 9.80. The molecule has 1 aromatic heterocycles. The molecule has 0 aliphatic carbocycles. The Morgan fingerprint density at radius 2 is 2.00 bits per heavy atom. The predicted octanol–water partition coefficient (Wildman–Crippen LogP) is 1.80. The molecule has 1 atom stereocenters. The molecule has 0 aliphatic heterocycles. The summed E-state index contributed by atoms with van der Waals surface area (Å²) in [5.74, 6) is -0.397. The Morgan fingerprint density at radius 3 is 2.59 bits per heavy atom. The minimum absolute atomic E-state index is 0.0788. The number of H-pyrrole nitrogens is 1. The fourth-order valence-electron chi connectivity index (χ4n) is 1.76. The number of aromatic amines is 1. The van der Waals surface area contributed by atoms with Gasteiger partial charge in [0, 0.05) is 24.8 Å². The fourth-order valence-corrected chi connectivity index (χ4v) is 1.76. The number of amides is 1. The molecular formula is C15H25N3O4. The van der Waals surface area contributed by atoms with Gasteiger partial charge < -0.3 is 25.1 Å². The summed E-state index contributed by atoms with van der Waals surface area (Å²) in [7, 11) is 1.34. The number of hydrogen-bond donors (Lipinski definition) is 3. The van der Waals surface area contributed by atoms with Crippen LogP contribution in [0.3, 0.4) is 0 Å². The summed E-state index contributed by atoms with van der Waals surface area (Å²) in [6.07, 6.45) is -0.436. The van der Waals surface area contributed by atoms with Crippen LogP contribution in [-0.2, 0) is 16.0 Å². The summed E-state index contributed by atoms with van der Waals surface area (Å²) in [6, 6.07) is 3.40. The maximum absolute atomic E-state index is 11.6.